The number of guanidine groups is 1. The molecule has 0 unspecified atom stereocenters. The molecule has 0 fully saturated rings. The van der Waals surface area contributed by atoms with Crippen molar-refractivity contribution in [1.29, 1.82) is 0 Å². The minimum absolute atomic E-state index is 0. The Morgan fingerprint density at radius 3 is 2.46 bits per heavy atom. The summed E-state index contributed by atoms with van der Waals surface area (Å²) >= 11 is 1.74. The van der Waals surface area contributed by atoms with E-state index in [0.717, 1.165) is 42.3 Å². The average Bonchev–Trinajstić information content (AvgIpc) is 2.98. The first-order chi connectivity index (χ1) is 13.0. The predicted octanol–water partition coefficient (Wildman–Crippen LogP) is 4.27. The third-order valence-corrected chi connectivity index (χ3v) is 5.64. The van der Waals surface area contributed by atoms with Gasteiger partial charge in [-0.3, -0.25) is 4.99 Å². The second-order valence-electron chi connectivity index (χ2n) is 6.31. The fourth-order valence-electron chi connectivity index (χ4n) is 2.82. The standard InChI is InChI=1S/C20H30FN5S.HI/c1-6-26(7-2)18-9-8-16(12-17(18)21)13-24-20(22-5)23-11-10-19-25-14(3)15(4)27-19;/h8-9,12H,6-7,10-11,13H2,1-5H3,(H2,22,23,24);1H. The zero-order valence-corrected chi connectivity index (χ0v) is 20.5. The lowest BCUT2D eigenvalue weighted by molar-refractivity contribution is 0.617. The molecule has 5 nitrogen and oxygen atoms in total. The highest BCUT2D eigenvalue weighted by molar-refractivity contribution is 14.0. The molecule has 0 saturated heterocycles. The van der Waals surface area contributed by atoms with Gasteiger partial charge in [0.1, 0.15) is 5.82 Å². The van der Waals surface area contributed by atoms with Crippen LogP contribution in [-0.4, -0.2) is 37.6 Å². The van der Waals surface area contributed by atoms with Crippen molar-refractivity contribution in [2.24, 2.45) is 4.99 Å². The van der Waals surface area contributed by atoms with E-state index in [1.807, 2.05) is 37.8 Å². The van der Waals surface area contributed by atoms with E-state index in [4.69, 9.17) is 0 Å². The van der Waals surface area contributed by atoms with Gasteiger partial charge in [-0.15, -0.1) is 35.3 Å². The van der Waals surface area contributed by atoms with Crippen LogP contribution >= 0.6 is 35.3 Å². The van der Waals surface area contributed by atoms with E-state index in [1.165, 1.54) is 4.88 Å². The summed E-state index contributed by atoms with van der Waals surface area (Å²) < 4.78 is 14.4. The van der Waals surface area contributed by atoms with Gasteiger partial charge in [0.05, 0.1) is 16.4 Å². The van der Waals surface area contributed by atoms with E-state index in [1.54, 1.807) is 24.5 Å². The number of aryl methyl sites for hydroxylation is 2. The van der Waals surface area contributed by atoms with Crippen LogP contribution in [0.15, 0.2) is 23.2 Å². The van der Waals surface area contributed by atoms with Crippen LogP contribution in [0.2, 0.25) is 0 Å². The number of aromatic nitrogens is 1. The Balaban J connectivity index is 0.00000392. The molecule has 0 atom stereocenters. The Hall–Kier alpha value is -1.42. The van der Waals surface area contributed by atoms with Crippen LogP contribution < -0.4 is 15.5 Å². The molecule has 8 heteroatoms. The van der Waals surface area contributed by atoms with Crippen LogP contribution in [-0.2, 0) is 13.0 Å². The molecular formula is C20H31FIN5S. The SMILES string of the molecule is CCN(CC)c1ccc(CNC(=NC)NCCc2nc(C)c(C)s2)cc1F.I. The summed E-state index contributed by atoms with van der Waals surface area (Å²) in [6.07, 6.45) is 0.854. The van der Waals surface area contributed by atoms with E-state index in [9.17, 15) is 4.39 Å². The van der Waals surface area contributed by atoms with Crippen molar-refractivity contribution < 1.29 is 4.39 Å². The first-order valence-corrected chi connectivity index (χ1v) is 10.2. The van der Waals surface area contributed by atoms with Gasteiger partial charge in [0.15, 0.2) is 5.96 Å². The van der Waals surface area contributed by atoms with Gasteiger partial charge in [0, 0.05) is 44.5 Å². The maximum Gasteiger partial charge on any atom is 0.191 e. The third-order valence-electron chi connectivity index (χ3n) is 4.50. The van der Waals surface area contributed by atoms with Crippen molar-refractivity contribution in [2.75, 3.05) is 31.6 Å². The van der Waals surface area contributed by atoms with Gasteiger partial charge in [-0.25, -0.2) is 9.37 Å². The van der Waals surface area contributed by atoms with Gasteiger partial charge < -0.3 is 15.5 Å². The predicted molar refractivity (Wildman–Crippen MR) is 129 cm³/mol. The van der Waals surface area contributed by atoms with Crippen LogP contribution in [0.4, 0.5) is 10.1 Å². The molecule has 0 aliphatic carbocycles. The Bertz CT molecular complexity index is 754. The zero-order valence-electron chi connectivity index (χ0n) is 17.3. The summed E-state index contributed by atoms with van der Waals surface area (Å²) in [6.45, 7) is 11.0. The lowest BCUT2D eigenvalue weighted by atomic mass is 10.2. The van der Waals surface area contributed by atoms with Gasteiger partial charge in [-0.05, 0) is 45.4 Å². The van der Waals surface area contributed by atoms with Crippen LogP contribution in [0, 0.1) is 19.7 Å². The second kappa shape index (κ2) is 12.2. The average molecular weight is 519 g/mol. The molecule has 0 aliphatic heterocycles. The van der Waals surface area contributed by atoms with E-state index < -0.39 is 0 Å². The molecule has 2 rings (SSSR count). The Morgan fingerprint density at radius 2 is 1.93 bits per heavy atom. The number of thiazole rings is 1. The zero-order chi connectivity index (χ0) is 19.8. The van der Waals surface area contributed by atoms with Crippen molar-refractivity contribution in [3.05, 3.63) is 45.2 Å². The van der Waals surface area contributed by atoms with Crippen LogP contribution in [0.5, 0.6) is 0 Å². The summed E-state index contributed by atoms with van der Waals surface area (Å²) in [5.41, 5.74) is 2.64. The maximum atomic E-state index is 14.4. The maximum absolute atomic E-state index is 14.4. The van der Waals surface area contributed by atoms with Crippen molar-refractivity contribution in [3.8, 4) is 0 Å². The Labute approximate surface area is 188 Å². The quantitative estimate of drug-likeness (QED) is 0.311. The fraction of sp³-hybridized carbons (Fsp3) is 0.500. The lowest BCUT2D eigenvalue weighted by Crippen LogP contribution is -2.37. The van der Waals surface area contributed by atoms with Gasteiger partial charge in [-0.1, -0.05) is 6.07 Å². The molecule has 1 aromatic carbocycles. The number of aliphatic imine (C=N–C) groups is 1. The summed E-state index contributed by atoms with van der Waals surface area (Å²) in [7, 11) is 1.73. The number of hydrogen-bond donors (Lipinski definition) is 2. The molecule has 2 N–H and O–H groups in total. The van der Waals surface area contributed by atoms with E-state index in [-0.39, 0.29) is 29.8 Å². The minimum atomic E-state index is -0.185. The summed E-state index contributed by atoms with van der Waals surface area (Å²) in [5.74, 6) is 0.517. The normalized spacial score (nSPS) is 11.1. The van der Waals surface area contributed by atoms with E-state index in [2.05, 4.69) is 27.5 Å². The fourth-order valence-corrected chi connectivity index (χ4v) is 3.75. The summed E-state index contributed by atoms with van der Waals surface area (Å²) in [6, 6.07) is 5.40. The molecular weight excluding hydrogens is 488 g/mol. The first-order valence-electron chi connectivity index (χ1n) is 9.39. The topological polar surface area (TPSA) is 52.5 Å². The molecule has 0 aliphatic rings. The molecule has 1 aromatic heterocycles. The highest BCUT2D eigenvalue weighted by Crippen LogP contribution is 2.20. The molecule has 0 bridgehead atoms. The molecule has 0 saturated carbocycles. The van der Waals surface area contributed by atoms with E-state index in [0.29, 0.717) is 18.2 Å². The number of anilines is 1. The molecule has 2 aromatic rings. The third kappa shape index (κ3) is 6.88. The monoisotopic (exact) mass is 519 g/mol. The van der Waals surface area contributed by atoms with Gasteiger partial charge in [0.2, 0.25) is 0 Å². The summed E-state index contributed by atoms with van der Waals surface area (Å²) in [5, 5.41) is 7.64. The largest absolute Gasteiger partial charge is 0.370 e. The highest BCUT2D eigenvalue weighted by Gasteiger charge is 2.09. The molecule has 156 valence electrons. The number of nitrogens with one attached hydrogen (secondary N) is 2. The first kappa shape index (κ1) is 24.6. The Kier molecular flexibility index (Phi) is 10.7. The van der Waals surface area contributed by atoms with Crippen LogP contribution in [0.1, 0.15) is 35.0 Å². The number of hydrogen-bond acceptors (Lipinski definition) is 4. The minimum Gasteiger partial charge on any atom is -0.370 e. The lowest BCUT2D eigenvalue weighted by Gasteiger charge is -2.22. The van der Waals surface area contributed by atoms with Crippen molar-refractivity contribution >= 4 is 47.0 Å². The Morgan fingerprint density at radius 1 is 1.21 bits per heavy atom. The van der Waals surface area contributed by atoms with Gasteiger partial charge in [-0.2, -0.15) is 0 Å². The summed E-state index contributed by atoms with van der Waals surface area (Å²) in [4.78, 5) is 12.0. The molecule has 0 amide bonds. The highest BCUT2D eigenvalue weighted by atomic mass is 127. The molecule has 1 heterocycles. The number of benzene rings is 1. The van der Waals surface area contributed by atoms with Gasteiger partial charge in [0.25, 0.3) is 0 Å². The van der Waals surface area contributed by atoms with E-state index >= 15 is 0 Å². The second-order valence-corrected chi connectivity index (χ2v) is 7.60. The van der Waals surface area contributed by atoms with Crippen molar-refractivity contribution in [3.63, 3.8) is 0 Å². The van der Waals surface area contributed by atoms with Crippen molar-refractivity contribution in [2.45, 2.75) is 40.7 Å². The number of halogens is 2. The number of rotatable bonds is 8. The van der Waals surface area contributed by atoms with Gasteiger partial charge >= 0.3 is 0 Å². The van der Waals surface area contributed by atoms with Crippen molar-refractivity contribution in [1.82, 2.24) is 15.6 Å². The van der Waals surface area contributed by atoms with Crippen LogP contribution in [0.25, 0.3) is 0 Å². The molecule has 0 radical (unpaired) electrons. The number of nitrogens with zero attached hydrogens (tertiary/aromatic N) is 3. The van der Waals surface area contributed by atoms with Crippen LogP contribution in [0.3, 0.4) is 0 Å². The molecule has 28 heavy (non-hydrogen) atoms. The molecule has 0 spiro atoms. The smallest absolute Gasteiger partial charge is 0.191 e.